The molecule has 0 aliphatic carbocycles. The summed E-state index contributed by atoms with van der Waals surface area (Å²) in [6.07, 6.45) is 1.47. The number of benzene rings is 3. The number of aryl methyl sites for hydroxylation is 1. The van der Waals surface area contributed by atoms with Gasteiger partial charge < -0.3 is 10.1 Å². The van der Waals surface area contributed by atoms with Gasteiger partial charge in [-0.25, -0.2) is 14.6 Å². The zero-order chi connectivity index (χ0) is 21.5. The van der Waals surface area contributed by atoms with Gasteiger partial charge in [0.15, 0.2) is 5.75 Å². The van der Waals surface area contributed by atoms with Crippen molar-refractivity contribution in [3.8, 4) is 5.75 Å². The Balaban J connectivity index is 1.59. The summed E-state index contributed by atoms with van der Waals surface area (Å²) in [5.41, 5.74) is 5.54. The van der Waals surface area contributed by atoms with Crippen molar-refractivity contribution in [3.05, 3.63) is 92.7 Å². The number of hydrazone groups is 1. The van der Waals surface area contributed by atoms with Crippen LogP contribution in [0.25, 0.3) is 0 Å². The molecule has 8 heteroatoms. The molecule has 0 fully saturated rings. The zero-order valence-electron chi connectivity index (χ0n) is 16.0. The van der Waals surface area contributed by atoms with Crippen LogP contribution in [0.2, 0.25) is 5.02 Å². The predicted molar refractivity (Wildman–Crippen MR) is 121 cm³/mol. The molecule has 0 radical (unpaired) electrons. The van der Waals surface area contributed by atoms with Crippen molar-refractivity contribution in [2.45, 2.75) is 13.5 Å². The van der Waals surface area contributed by atoms with Gasteiger partial charge in [-0.3, -0.25) is 0 Å². The lowest BCUT2D eigenvalue weighted by molar-refractivity contribution is 0.252. The van der Waals surface area contributed by atoms with E-state index in [9.17, 15) is 9.18 Å². The number of rotatable bonds is 6. The number of carbonyl (C=O) groups is 1. The molecule has 0 atom stereocenters. The lowest BCUT2D eigenvalue weighted by Gasteiger charge is -2.11. The highest BCUT2D eigenvalue weighted by Crippen LogP contribution is 2.34. The van der Waals surface area contributed by atoms with Crippen molar-refractivity contribution in [2.24, 2.45) is 5.10 Å². The van der Waals surface area contributed by atoms with Crippen LogP contribution in [0.5, 0.6) is 5.75 Å². The van der Waals surface area contributed by atoms with E-state index in [0.29, 0.717) is 26.5 Å². The van der Waals surface area contributed by atoms with E-state index in [1.165, 1.54) is 18.3 Å². The molecule has 5 nitrogen and oxygen atoms in total. The summed E-state index contributed by atoms with van der Waals surface area (Å²) in [7, 11) is 0. The molecular formula is C22H18BrClFN3O2. The Morgan fingerprint density at radius 3 is 2.63 bits per heavy atom. The molecule has 0 aromatic heterocycles. The number of nitrogens with one attached hydrogen (secondary N) is 2. The normalized spacial score (nSPS) is 10.8. The molecule has 0 unspecified atom stereocenters. The van der Waals surface area contributed by atoms with Crippen LogP contribution in [-0.4, -0.2) is 12.2 Å². The third-order valence-corrected chi connectivity index (χ3v) is 4.96. The second-order valence-electron chi connectivity index (χ2n) is 6.37. The lowest BCUT2D eigenvalue weighted by atomic mass is 10.2. The summed E-state index contributed by atoms with van der Waals surface area (Å²) >= 11 is 9.74. The maximum Gasteiger partial charge on any atom is 0.339 e. The van der Waals surface area contributed by atoms with Gasteiger partial charge in [0.25, 0.3) is 0 Å². The van der Waals surface area contributed by atoms with Crippen molar-refractivity contribution >= 4 is 45.5 Å². The van der Waals surface area contributed by atoms with Crippen LogP contribution in [-0.2, 0) is 6.61 Å². The Morgan fingerprint density at radius 1 is 1.20 bits per heavy atom. The van der Waals surface area contributed by atoms with Crippen LogP contribution in [0.3, 0.4) is 0 Å². The minimum absolute atomic E-state index is 0.243. The number of hydrogen-bond donors (Lipinski definition) is 2. The Labute approximate surface area is 187 Å². The highest BCUT2D eigenvalue weighted by Gasteiger charge is 2.10. The van der Waals surface area contributed by atoms with E-state index in [0.717, 1.165) is 11.1 Å². The van der Waals surface area contributed by atoms with E-state index in [1.54, 1.807) is 30.3 Å². The minimum Gasteiger partial charge on any atom is -0.486 e. The average Bonchev–Trinajstić information content (AvgIpc) is 2.70. The molecule has 3 aromatic rings. The number of hydrogen-bond acceptors (Lipinski definition) is 3. The van der Waals surface area contributed by atoms with Crippen molar-refractivity contribution in [2.75, 3.05) is 5.32 Å². The quantitative estimate of drug-likeness (QED) is 0.315. The first kappa shape index (κ1) is 21.8. The predicted octanol–water partition coefficient (Wildman–Crippen LogP) is 6.28. The van der Waals surface area contributed by atoms with Gasteiger partial charge in [0.1, 0.15) is 12.4 Å². The summed E-state index contributed by atoms with van der Waals surface area (Å²) in [6.45, 7) is 2.14. The van der Waals surface area contributed by atoms with Gasteiger partial charge in [-0.05, 0) is 69.9 Å². The van der Waals surface area contributed by atoms with Crippen LogP contribution in [0.15, 0.2) is 70.2 Å². The summed E-state index contributed by atoms with van der Waals surface area (Å²) in [6, 6.07) is 16.4. The summed E-state index contributed by atoms with van der Waals surface area (Å²) in [5, 5.41) is 7.03. The molecule has 0 aliphatic rings. The van der Waals surface area contributed by atoms with Gasteiger partial charge in [0, 0.05) is 5.69 Å². The van der Waals surface area contributed by atoms with Crippen molar-refractivity contribution in [3.63, 3.8) is 0 Å². The molecule has 2 N–H and O–H groups in total. The molecule has 0 spiro atoms. The first-order chi connectivity index (χ1) is 14.4. The molecule has 154 valence electrons. The molecule has 0 saturated heterocycles. The maximum atomic E-state index is 13.0. The Bertz CT molecular complexity index is 1050. The van der Waals surface area contributed by atoms with E-state index in [4.69, 9.17) is 16.3 Å². The lowest BCUT2D eigenvalue weighted by Crippen LogP contribution is -2.24. The number of amides is 2. The fraction of sp³-hybridized carbons (Fsp3) is 0.0909. The topological polar surface area (TPSA) is 62.7 Å². The fourth-order valence-electron chi connectivity index (χ4n) is 2.56. The number of anilines is 1. The van der Waals surface area contributed by atoms with Gasteiger partial charge in [-0.15, -0.1) is 0 Å². The summed E-state index contributed by atoms with van der Waals surface area (Å²) in [4.78, 5) is 12.0. The number of carbonyl (C=O) groups excluding carboxylic acids is 1. The van der Waals surface area contributed by atoms with Crippen molar-refractivity contribution in [1.29, 1.82) is 0 Å². The molecule has 3 aromatic carbocycles. The first-order valence-corrected chi connectivity index (χ1v) is 10.1. The van der Waals surface area contributed by atoms with E-state index in [1.807, 2.05) is 25.1 Å². The van der Waals surface area contributed by atoms with Crippen LogP contribution in [0, 0.1) is 12.7 Å². The molecule has 30 heavy (non-hydrogen) atoms. The van der Waals surface area contributed by atoms with E-state index < -0.39 is 6.03 Å². The van der Waals surface area contributed by atoms with Crippen LogP contribution in [0.4, 0.5) is 14.9 Å². The number of para-hydroxylation sites is 1. The molecule has 0 aliphatic heterocycles. The largest absolute Gasteiger partial charge is 0.486 e. The molecule has 2 amide bonds. The van der Waals surface area contributed by atoms with Crippen molar-refractivity contribution in [1.82, 2.24) is 5.43 Å². The second-order valence-corrected chi connectivity index (χ2v) is 7.63. The number of nitrogens with zero attached hydrogens (tertiary/aromatic N) is 1. The Morgan fingerprint density at radius 2 is 1.93 bits per heavy atom. The number of ether oxygens (including phenoxy) is 1. The highest BCUT2D eigenvalue weighted by molar-refractivity contribution is 9.10. The summed E-state index contributed by atoms with van der Waals surface area (Å²) in [5.74, 6) is 0.159. The van der Waals surface area contributed by atoms with Crippen LogP contribution >= 0.6 is 27.5 Å². The van der Waals surface area contributed by atoms with Crippen molar-refractivity contribution < 1.29 is 13.9 Å². The van der Waals surface area contributed by atoms with E-state index >= 15 is 0 Å². The molecule has 3 rings (SSSR count). The van der Waals surface area contributed by atoms with Crippen LogP contribution < -0.4 is 15.5 Å². The van der Waals surface area contributed by atoms with E-state index in [-0.39, 0.29) is 12.4 Å². The number of halogens is 3. The first-order valence-electron chi connectivity index (χ1n) is 8.94. The van der Waals surface area contributed by atoms with Gasteiger partial charge in [-0.1, -0.05) is 41.9 Å². The van der Waals surface area contributed by atoms with Gasteiger partial charge >= 0.3 is 6.03 Å². The average molecular weight is 491 g/mol. The standard InChI is InChI=1S/C22H18BrClFN3O2/c1-14-4-2-3-5-20(14)27-22(29)28-26-12-16-10-18(23)21(19(24)11-16)30-13-15-6-8-17(25)9-7-15/h2-12H,13H2,1H3,(H2,27,28,29). The Kier molecular flexibility index (Phi) is 7.43. The monoisotopic (exact) mass is 489 g/mol. The fourth-order valence-corrected chi connectivity index (χ4v) is 3.55. The third kappa shape index (κ3) is 6.05. The maximum absolute atomic E-state index is 13.0. The molecule has 0 heterocycles. The Hall–Kier alpha value is -2.90. The third-order valence-electron chi connectivity index (χ3n) is 4.09. The van der Waals surface area contributed by atoms with E-state index in [2.05, 4.69) is 31.8 Å². The smallest absolute Gasteiger partial charge is 0.339 e. The minimum atomic E-state index is -0.454. The zero-order valence-corrected chi connectivity index (χ0v) is 18.3. The molecule has 0 bridgehead atoms. The second kappa shape index (κ2) is 10.2. The van der Waals surface area contributed by atoms with Gasteiger partial charge in [0.05, 0.1) is 15.7 Å². The summed E-state index contributed by atoms with van der Waals surface area (Å²) < 4.78 is 19.4. The molecule has 0 saturated carbocycles. The molecular weight excluding hydrogens is 473 g/mol. The van der Waals surface area contributed by atoms with Crippen LogP contribution in [0.1, 0.15) is 16.7 Å². The SMILES string of the molecule is Cc1ccccc1NC(=O)NN=Cc1cc(Cl)c(OCc2ccc(F)cc2)c(Br)c1. The number of urea groups is 1. The van der Waals surface area contributed by atoms with Gasteiger partial charge in [-0.2, -0.15) is 5.10 Å². The van der Waals surface area contributed by atoms with Gasteiger partial charge in [0.2, 0.25) is 0 Å². The highest BCUT2D eigenvalue weighted by atomic mass is 79.9.